The van der Waals surface area contributed by atoms with Crippen LogP contribution < -0.4 is 34.7 Å². The molecule has 4 fully saturated rings. The molecule has 0 heterocycles. The van der Waals surface area contributed by atoms with Gasteiger partial charge >= 0.3 is 29.6 Å². The van der Waals surface area contributed by atoms with Crippen LogP contribution in [0.15, 0.2) is 0 Å². The maximum Gasteiger partial charge on any atom is 1.00 e. The number of carbonyl (C=O) groups is 1. The Morgan fingerprint density at radius 1 is 1.03 bits per heavy atom. The summed E-state index contributed by atoms with van der Waals surface area (Å²) >= 11 is 0. The van der Waals surface area contributed by atoms with Gasteiger partial charge in [-0.05, 0) is 104 Å². The SMILES string of the molecule is C[C@H](CCC(=O)[O-])[C@H]1CCC2C3C(C[C@H](O)[C@@]21C)[C@@]1(C)CC[C@@H](O)C[C@H]1C[C@H]3O.O.O.[Na+]. The van der Waals surface area contributed by atoms with Gasteiger partial charge in [0.15, 0.2) is 0 Å². The van der Waals surface area contributed by atoms with Crippen LogP contribution in [0.1, 0.15) is 78.6 Å². The van der Waals surface area contributed by atoms with Gasteiger partial charge in [0.1, 0.15) is 0 Å². The molecule has 4 aliphatic rings. The van der Waals surface area contributed by atoms with Crippen LogP contribution in [0.2, 0.25) is 0 Å². The molecule has 3 unspecified atom stereocenters. The van der Waals surface area contributed by atoms with Crippen LogP contribution in [0.3, 0.4) is 0 Å². The van der Waals surface area contributed by atoms with Crippen LogP contribution in [0.4, 0.5) is 0 Å². The summed E-state index contributed by atoms with van der Waals surface area (Å²) in [7, 11) is 0. The van der Waals surface area contributed by atoms with E-state index in [1.54, 1.807) is 0 Å². The van der Waals surface area contributed by atoms with Crippen LogP contribution in [-0.2, 0) is 4.79 Å². The van der Waals surface area contributed by atoms with E-state index in [9.17, 15) is 25.2 Å². The van der Waals surface area contributed by atoms with Gasteiger partial charge in [-0.1, -0.05) is 20.8 Å². The Labute approximate surface area is 214 Å². The molecule has 4 rings (SSSR count). The van der Waals surface area contributed by atoms with Gasteiger partial charge in [-0.25, -0.2) is 0 Å². The number of aliphatic hydroxyl groups is 3. The minimum Gasteiger partial charge on any atom is -0.550 e. The molecule has 0 aromatic rings. The molecule has 0 aliphatic heterocycles. The molecule has 32 heavy (non-hydrogen) atoms. The fourth-order valence-corrected chi connectivity index (χ4v) is 8.68. The molecule has 7 nitrogen and oxygen atoms in total. The van der Waals surface area contributed by atoms with E-state index < -0.39 is 12.1 Å². The summed E-state index contributed by atoms with van der Waals surface area (Å²) in [6.45, 7) is 6.67. The van der Waals surface area contributed by atoms with Crippen molar-refractivity contribution in [3.63, 3.8) is 0 Å². The fourth-order valence-electron chi connectivity index (χ4n) is 8.68. The number of fused-ring (bicyclic) bond motifs is 5. The number of aliphatic carboxylic acids is 1. The smallest absolute Gasteiger partial charge is 0.550 e. The van der Waals surface area contributed by atoms with E-state index in [0.29, 0.717) is 18.3 Å². The Bertz CT molecular complexity index is 648. The van der Waals surface area contributed by atoms with Crippen molar-refractivity contribution in [3.05, 3.63) is 0 Å². The summed E-state index contributed by atoms with van der Waals surface area (Å²) < 4.78 is 0. The van der Waals surface area contributed by atoms with Gasteiger partial charge < -0.3 is 36.2 Å². The Kier molecular flexibility index (Phi) is 10.3. The Hall–Kier alpha value is 0.270. The molecule has 0 aromatic heterocycles. The normalized spacial score (nSPS) is 47.9. The molecule has 0 radical (unpaired) electrons. The van der Waals surface area contributed by atoms with Crippen molar-refractivity contribution >= 4 is 5.97 Å². The Morgan fingerprint density at radius 2 is 1.69 bits per heavy atom. The zero-order chi connectivity index (χ0) is 21.1. The first-order valence-corrected chi connectivity index (χ1v) is 11.8. The van der Waals surface area contributed by atoms with E-state index in [-0.39, 0.29) is 93.6 Å². The van der Waals surface area contributed by atoms with Gasteiger partial charge in [0.25, 0.3) is 0 Å². The summed E-state index contributed by atoms with van der Waals surface area (Å²) in [5.74, 6) is 0.635. The number of hydrogen-bond acceptors (Lipinski definition) is 5. The number of carboxylic acids is 1. The fraction of sp³-hybridized carbons (Fsp3) is 0.958. The van der Waals surface area contributed by atoms with Crippen LogP contribution in [0.25, 0.3) is 0 Å². The zero-order valence-corrected chi connectivity index (χ0v) is 22.2. The summed E-state index contributed by atoms with van der Waals surface area (Å²) in [6, 6.07) is 0. The van der Waals surface area contributed by atoms with Gasteiger partial charge in [-0.15, -0.1) is 0 Å². The van der Waals surface area contributed by atoms with E-state index in [0.717, 1.165) is 44.9 Å². The number of carbonyl (C=O) groups excluding carboxylic acids is 1. The molecule has 0 bridgehead atoms. The first-order chi connectivity index (χ1) is 13.6. The minimum atomic E-state index is -0.998. The zero-order valence-electron chi connectivity index (χ0n) is 20.2. The van der Waals surface area contributed by atoms with Crippen molar-refractivity contribution in [2.24, 2.45) is 46.3 Å². The largest absolute Gasteiger partial charge is 1.00 e. The minimum absolute atomic E-state index is 0. The summed E-state index contributed by atoms with van der Waals surface area (Å²) in [6.07, 6.45) is 5.72. The Morgan fingerprint density at radius 3 is 2.31 bits per heavy atom. The number of hydrogen-bond donors (Lipinski definition) is 3. The van der Waals surface area contributed by atoms with Crippen molar-refractivity contribution < 1.29 is 65.7 Å². The van der Waals surface area contributed by atoms with Crippen molar-refractivity contribution in [2.75, 3.05) is 0 Å². The van der Waals surface area contributed by atoms with Crippen LogP contribution >= 0.6 is 0 Å². The third kappa shape index (κ3) is 4.70. The maximum absolute atomic E-state index is 11.5. The monoisotopic (exact) mass is 466 g/mol. The molecule has 182 valence electrons. The second-order valence-corrected chi connectivity index (χ2v) is 11.4. The molecule has 4 aliphatic carbocycles. The molecule has 0 spiro atoms. The first kappa shape index (κ1) is 30.3. The van der Waals surface area contributed by atoms with Crippen LogP contribution in [0, 0.1) is 46.3 Å². The molecule has 11 atom stereocenters. The molecule has 0 amide bonds. The predicted molar refractivity (Wildman–Crippen MR) is 115 cm³/mol. The number of rotatable bonds is 4. The van der Waals surface area contributed by atoms with Gasteiger partial charge in [-0.2, -0.15) is 0 Å². The molecular weight excluding hydrogens is 423 g/mol. The van der Waals surface area contributed by atoms with Gasteiger partial charge in [-0.3, -0.25) is 0 Å². The van der Waals surface area contributed by atoms with E-state index >= 15 is 0 Å². The molecular formula is C24H43NaO7. The molecule has 4 saturated carbocycles. The molecule has 8 heteroatoms. The van der Waals surface area contributed by atoms with Gasteiger partial charge in [0.05, 0.1) is 18.3 Å². The van der Waals surface area contributed by atoms with Crippen molar-refractivity contribution in [1.29, 1.82) is 0 Å². The van der Waals surface area contributed by atoms with Crippen molar-refractivity contribution in [3.8, 4) is 0 Å². The third-order valence-electron chi connectivity index (χ3n) is 10.3. The van der Waals surface area contributed by atoms with Crippen molar-refractivity contribution in [1.82, 2.24) is 0 Å². The van der Waals surface area contributed by atoms with E-state index in [1.807, 2.05) is 0 Å². The van der Waals surface area contributed by atoms with E-state index in [2.05, 4.69) is 20.8 Å². The standard InChI is InChI=1S/C24H40O5.Na.2H2O/c1-13(4-7-21(28)29)16-5-6-17-22-18(12-20(27)24(16,17)3)23(2)9-8-15(25)10-14(23)11-19(22)26;;;/h13-20,22,25-27H,4-12H2,1-3H3,(H,28,29);;2*1H2/q;+1;;/p-1/t13-,14+,15-,16-,17?,18?,19-,20+,22?,23+,24-;;;/m1.../s1. The molecule has 7 N–H and O–H groups in total. The third-order valence-corrected chi connectivity index (χ3v) is 10.3. The average molecular weight is 467 g/mol. The van der Waals surface area contributed by atoms with E-state index in [1.165, 1.54) is 0 Å². The molecule has 0 aromatic carbocycles. The average Bonchev–Trinajstić information content (AvgIpc) is 3.01. The van der Waals surface area contributed by atoms with Gasteiger partial charge in [0, 0.05) is 5.97 Å². The predicted octanol–water partition coefficient (Wildman–Crippen LogP) is -2.53. The van der Waals surface area contributed by atoms with Gasteiger partial charge in [0.2, 0.25) is 0 Å². The maximum atomic E-state index is 11.5. The number of aliphatic hydroxyl groups excluding tert-OH is 3. The Balaban J connectivity index is 0.00000171. The van der Waals surface area contributed by atoms with Crippen LogP contribution in [0.5, 0.6) is 0 Å². The summed E-state index contributed by atoms with van der Waals surface area (Å²) in [5, 5.41) is 43.9. The summed E-state index contributed by atoms with van der Waals surface area (Å²) in [4.78, 5) is 11.0. The first-order valence-electron chi connectivity index (χ1n) is 11.8. The van der Waals surface area contributed by atoms with Crippen molar-refractivity contribution in [2.45, 2.75) is 96.9 Å². The van der Waals surface area contributed by atoms with Crippen LogP contribution in [-0.4, -0.2) is 50.6 Å². The quantitative estimate of drug-likeness (QED) is 0.388. The summed E-state index contributed by atoms with van der Waals surface area (Å²) in [5.41, 5.74) is -0.172. The van der Waals surface area contributed by atoms with E-state index in [4.69, 9.17) is 0 Å². The number of carboxylic acid groups (broad SMARTS) is 1. The topological polar surface area (TPSA) is 164 Å². The second-order valence-electron chi connectivity index (χ2n) is 11.4. The second kappa shape index (κ2) is 10.9. The molecule has 0 saturated heterocycles.